The number of benzene rings is 1. The van der Waals surface area contributed by atoms with Crippen LogP contribution in [-0.2, 0) is 0 Å². The zero-order chi connectivity index (χ0) is 16.1. The highest BCUT2D eigenvalue weighted by Gasteiger charge is 2.54. The van der Waals surface area contributed by atoms with Gasteiger partial charge in [-0.15, -0.1) is 0 Å². The zero-order valence-electron chi connectivity index (χ0n) is 14.4. The quantitative estimate of drug-likeness (QED) is 0.796. The van der Waals surface area contributed by atoms with Gasteiger partial charge in [-0.1, -0.05) is 29.8 Å². The number of carbonyl (C=O) groups is 1. The molecule has 0 saturated carbocycles. The summed E-state index contributed by atoms with van der Waals surface area (Å²) < 4.78 is 0. The molecule has 4 saturated heterocycles. The molecule has 4 heteroatoms. The van der Waals surface area contributed by atoms with Crippen molar-refractivity contribution in [2.75, 3.05) is 33.7 Å². The zero-order valence-corrected chi connectivity index (χ0v) is 14.4. The van der Waals surface area contributed by atoms with Gasteiger partial charge in [0.15, 0.2) is 0 Å². The first kappa shape index (κ1) is 15.0. The number of fused-ring (bicyclic) bond motifs is 2. The predicted octanol–water partition coefficient (Wildman–Crippen LogP) is 2.54. The van der Waals surface area contributed by atoms with Gasteiger partial charge in [-0.25, -0.2) is 4.79 Å². The summed E-state index contributed by atoms with van der Waals surface area (Å²) >= 11 is 0. The second-order valence-corrected chi connectivity index (χ2v) is 7.70. The van der Waals surface area contributed by atoms with E-state index in [9.17, 15) is 4.79 Å². The van der Waals surface area contributed by atoms with Gasteiger partial charge < -0.3 is 9.80 Å². The summed E-state index contributed by atoms with van der Waals surface area (Å²) in [4.78, 5) is 19.3. The fourth-order valence-corrected chi connectivity index (χ4v) is 5.01. The van der Waals surface area contributed by atoms with Crippen LogP contribution in [0.4, 0.5) is 4.79 Å². The highest BCUT2D eigenvalue weighted by molar-refractivity contribution is 5.75. The topological polar surface area (TPSA) is 26.8 Å². The Morgan fingerprint density at radius 1 is 1.09 bits per heavy atom. The van der Waals surface area contributed by atoms with Crippen LogP contribution in [0.3, 0.4) is 0 Å². The highest BCUT2D eigenvalue weighted by atomic mass is 16.2. The summed E-state index contributed by atoms with van der Waals surface area (Å²) in [6.07, 6.45) is 2.50. The maximum absolute atomic E-state index is 12.7. The first-order chi connectivity index (χ1) is 11.1. The van der Waals surface area contributed by atoms with E-state index in [2.05, 4.69) is 41.0 Å². The van der Waals surface area contributed by atoms with Crippen LogP contribution in [0.2, 0.25) is 0 Å². The van der Waals surface area contributed by atoms with Gasteiger partial charge in [0.05, 0.1) is 6.04 Å². The van der Waals surface area contributed by atoms with Crippen LogP contribution in [0.15, 0.2) is 24.3 Å². The lowest BCUT2D eigenvalue weighted by atomic mass is 9.75. The Kier molecular flexibility index (Phi) is 3.60. The van der Waals surface area contributed by atoms with Gasteiger partial charge in [-0.2, -0.15) is 0 Å². The standard InChI is InChI=1S/C19H27N3O/c1-13-4-6-14(7-5-13)16-12-22(19(23)20(2)3)17-15-8-10-21(11-9-15)18(16)17/h4-7,15-18H,8-12H2,1-3H3/t16-,17+,18+/m0/s1. The molecule has 2 amide bonds. The third-order valence-corrected chi connectivity index (χ3v) is 6.13. The van der Waals surface area contributed by atoms with Gasteiger partial charge in [0.2, 0.25) is 0 Å². The van der Waals surface area contributed by atoms with Crippen molar-refractivity contribution in [2.24, 2.45) is 5.92 Å². The summed E-state index contributed by atoms with van der Waals surface area (Å²) in [5, 5.41) is 0. The summed E-state index contributed by atoms with van der Waals surface area (Å²) in [5.74, 6) is 1.14. The molecule has 3 atom stereocenters. The van der Waals surface area contributed by atoms with E-state index in [-0.39, 0.29) is 6.03 Å². The van der Waals surface area contributed by atoms with Crippen LogP contribution < -0.4 is 0 Å². The minimum Gasteiger partial charge on any atom is -0.331 e. The summed E-state index contributed by atoms with van der Waals surface area (Å²) in [5.41, 5.74) is 2.70. The number of likely N-dealkylation sites (tertiary alicyclic amines) is 1. The molecule has 5 rings (SSSR count). The first-order valence-corrected chi connectivity index (χ1v) is 8.85. The van der Waals surface area contributed by atoms with E-state index in [1.807, 2.05) is 14.1 Å². The Morgan fingerprint density at radius 2 is 1.74 bits per heavy atom. The van der Waals surface area contributed by atoms with Crippen molar-refractivity contribution in [3.63, 3.8) is 0 Å². The summed E-state index contributed by atoms with van der Waals surface area (Å²) in [7, 11) is 3.75. The van der Waals surface area contributed by atoms with Crippen LogP contribution in [0.25, 0.3) is 0 Å². The van der Waals surface area contributed by atoms with Crippen molar-refractivity contribution in [2.45, 2.75) is 37.8 Å². The van der Waals surface area contributed by atoms with E-state index >= 15 is 0 Å². The van der Waals surface area contributed by atoms with Crippen LogP contribution >= 0.6 is 0 Å². The molecule has 4 nitrogen and oxygen atoms in total. The summed E-state index contributed by atoms with van der Waals surface area (Å²) in [6.45, 7) is 5.41. The number of urea groups is 1. The van der Waals surface area contributed by atoms with Crippen LogP contribution in [-0.4, -0.2) is 66.5 Å². The lowest BCUT2D eigenvalue weighted by Gasteiger charge is -2.51. The van der Waals surface area contributed by atoms with Crippen LogP contribution in [0, 0.1) is 12.8 Å². The Hall–Kier alpha value is -1.55. The van der Waals surface area contributed by atoms with Crippen LogP contribution in [0.5, 0.6) is 0 Å². The maximum Gasteiger partial charge on any atom is 0.319 e. The van der Waals surface area contributed by atoms with E-state index < -0.39 is 0 Å². The molecule has 1 aromatic rings. The van der Waals surface area contributed by atoms with Gasteiger partial charge in [0.1, 0.15) is 0 Å². The van der Waals surface area contributed by atoms with E-state index in [1.165, 1.54) is 37.1 Å². The number of carbonyl (C=O) groups excluding carboxylic acids is 1. The number of rotatable bonds is 1. The lowest BCUT2D eigenvalue weighted by Crippen LogP contribution is -2.61. The van der Waals surface area contributed by atoms with Gasteiger partial charge in [0.25, 0.3) is 0 Å². The van der Waals surface area contributed by atoms with Crippen molar-refractivity contribution >= 4 is 6.03 Å². The lowest BCUT2D eigenvalue weighted by molar-refractivity contribution is 0.000905. The number of aryl methyl sites for hydroxylation is 1. The number of piperidine rings is 3. The van der Waals surface area contributed by atoms with Crippen molar-refractivity contribution < 1.29 is 4.79 Å². The molecule has 0 unspecified atom stereocenters. The molecule has 0 radical (unpaired) electrons. The minimum atomic E-state index is 0.184. The van der Waals surface area contributed by atoms with Crippen molar-refractivity contribution in [1.29, 1.82) is 0 Å². The average molecular weight is 313 g/mol. The van der Waals surface area contributed by atoms with E-state index in [0.717, 1.165) is 6.54 Å². The third-order valence-electron chi connectivity index (χ3n) is 6.13. The molecule has 4 aliphatic rings. The van der Waals surface area contributed by atoms with Gasteiger partial charge in [-0.05, 0) is 44.3 Å². The SMILES string of the molecule is Cc1ccc([C@@H]2CN(C(=O)N(C)C)[C@@H]3C4CCN(CC4)[C@@H]32)cc1. The Bertz CT molecular complexity index is 589. The smallest absolute Gasteiger partial charge is 0.319 e. The Morgan fingerprint density at radius 3 is 2.35 bits per heavy atom. The number of nitrogens with zero attached hydrogens (tertiary/aromatic N) is 3. The van der Waals surface area contributed by atoms with Gasteiger partial charge in [0, 0.05) is 32.6 Å². The fraction of sp³-hybridized carbons (Fsp3) is 0.632. The largest absolute Gasteiger partial charge is 0.331 e. The highest BCUT2D eigenvalue weighted by Crippen LogP contribution is 2.46. The van der Waals surface area contributed by atoms with E-state index in [4.69, 9.17) is 0 Å². The average Bonchev–Trinajstić information content (AvgIpc) is 2.98. The number of hydrogen-bond donors (Lipinski definition) is 0. The van der Waals surface area contributed by atoms with E-state index in [0.29, 0.717) is 23.9 Å². The molecule has 4 aliphatic heterocycles. The van der Waals surface area contributed by atoms with Gasteiger partial charge in [-0.3, -0.25) is 4.90 Å². The normalized spacial score (nSPS) is 35.3. The predicted molar refractivity (Wildman–Crippen MR) is 91.6 cm³/mol. The molecular formula is C19H27N3O. The molecule has 2 bridgehead atoms. The van der Waals surface area contributed by atoms with E-state index in [1.54, 1.807) is 4.90 Å². The molecule has 4 fully saturated rings. The number of hydrogen-bond acceptors (Lipinski definition) is 2. The number of amides is 2. The van der Waals surface area contributed by atoms with Crippen molar-refractivity contribution in [3.05, 3.63) is 35.4 Å². The molecule has 0 N–H and O–H groups in total. The second kappa shape index (κ2) is 5.52. The van der Waals surface area contributed by atoms with Crippen molar-refractivity contribution in [1.82, 2.24) is 14.7 Å². The minimum absolute atomic E-state index is 0.184. The maximum atomic E-state index is 12.7. The molecule has 4 heterocycles. The molecular weight excluding hydrogens is 286 g/mol. The molecule has 0 aromatic heterocycles. The first-order valence-electron chi connectivity index (χ1n) is 8.85. The van der Waals surface area contributed by atoms with Crippen molar-refractivity contribution in [3.8, 4) is 0 Å². The summed E-state index contributed by atoms with van der Waals surface area (Å²) in [6, 6.07) is 10.0. The Balaban J connectivity index is 1.70. The third kappa shape index (κ3) is 2.35. The Labute approximate surface area is 139 Å². The molecule has 23 heavy (non-hydrogen) atoms. The van der Waals surface area contributed by atoms with Crippen LogP contribution in [0.1, 0.15) is 29.9 Å². The molecule has 0 spiro atoms. The second-order valence-electron chi connectivity index (χ2n) is 7.70. The molecule has 0 aliphatic carbocycles. The molecule has 124 valence electrons. The molecule has 1 aromatic carbocycles. The monoisotopic (exact) mass is 313 g/mol. The fourth-order valence-electron chi connectivity index (χ4n) is 5.01. The van der Waals surface area contributed by atoms with Gasteiger partial charge >= 0.3 is 6.03 Å².